The molecule has 0 aromatic heterocycles. The monoisotopic (exact) mass is 231 g/mol. The fourth-order valence-electron chi connectivity index (χ4n) is 3.19. The molecule has 92 valence electrons. The average molecular weight is 231 g/mol. The van der Waals surface area contributed by atoms with Gasteiger partial charge >= 0.3 is 0 Å². The molecule has 0 spiro atoms. The molecule has 0 bridgehead atoms. The van der Waals surface area contributed by atoms with Crippen LogP contribution in [-0.2, 0) is 5.60 Å². The zero-order valence-electron chi connectivity index (χ0n) is 10.4. The summed E-state index contributed by atoms with van der Waals surface area (Å²) >= 11 is 0. The van der Waals surface area contributed by atoms with Crippen LogP contribution in [0.5, 0.6) is 0 Å². The average Bonchev–Trinajstić information content (AvgIpc) is 3.02. The Labute approximate surface area is 103 Å². The molecule has 0 radical (unpaired) electrons. The zero-order valence-corrected chi connectivity index (χ0v) is 10.4. The number of benzene rings is 1. The first kappa shape index (κ1) is 11.2. The number of hydrogen-bond donors (Lipinski definition) is 2. The van der Waals surface area contributed by atoms with E-state index in [4.69, 9.17) is 0 Å². The van der Waals surface area contributed by atoms with Gasteiger partial charge in [0.1, 0.15) is 0 Å². The van der Waals surface area contributed by atoms with Gasteiger partial charge in [-0.2, -0.15) is 0 Å². The largest absolute Gasteiger partial charge is 0.384 e. The van der Waals surface area contributed by atoms with Crippen LogP contribution < -0.4 is 5.32 Å². The molecule has 4 atom stereocenters. The zero-order chi connectivity index (χ0) is 11.9. The van der Waals surface area contributed by atoms with Gasteiger partial charge in [-0.3, -0.25) is 0 Å². The third kappa shape index (κ3) is 2.24. The fourth-order valence-corrected chi connectivity index (χ4v) is 3.19. The maximum atomic E-state index is 10.5. The summed E-state index contributed by atoms with van der Waals surface area (Å²) in [5.74, 6) is 1.90. The minimum atomic E-state index is -0.756. The first-order chi connectivity index (χ1) is 8.17. The number of hydrogen-bond acceptors (Lipinski definition) is 2. The Morgan fingerprint density at radius 1 is 1.29 bits per heavy atom. The van der Waals surface area contributed by atoms with Crippen LogP contribution in [0.15, 0.2) is 30.3 Å². The molecule has 2 fully saturated rings. The van der Waals surface area contributed by atoms with Crippen molar-refractivity contribution in [3.63, 3.8) is 0 Å². The Kier molecular flexibility index (Phi) is 2.72. The second-order valence-corrected chi connectivity index (χ2v) is 5.86. The Balaban J connectivity index is 1.60. The van der Waals surface area contributed by atoms with Crippen LogP contribution in [0.2, 0.25) is 0 Å². The normalized spacial score (nSPS) is 34.1. The van der Waals surface area contributed by atoms with Crippen molar-refractivity contribution in [1.82, 2.24) is 5.32 Å². The van der Waals surface area contributed by atoms with Gasteiger partial charge in [0.25, 0.3) is 0 Å². The molecule has 1 aromatic rings. The van der Waals surface area contributed by atoms with Gasteiger partial charge in [-0.25, -0.2) is 0 Å². The quantitative estimate of drug-likeness (QED) is 0.833. The molecule has 2 N–H and O–H groups in total. The molecule has 2 nitrogen and oxygen atoms in total. The van der Waals surface area contributed by atoms with Crippen LogP contribution >= 0.6 is 0 Å². The van der Waals surface area contributed by atoms with E-state index in [0.29, 0.717) is 12.6 Å². The Morgan fingerprint density at radius 2 is 2.06 bits per heavy atom. The second kappa shape index (κ2) is 4.11. The summed E-state index contributed by atoms with van der Waals surface area (Å²) in [7, 11) is 0. The SMILES string of the molecule is CC(O)(CNC1CC[C@@H]2C[C@H]12)c1ccccc1. The summed E-state index contributed by atoms with van der Waals surface area (Å²) < 4.78 is 0. The lowest BCUT2D eigenvalue weighted by Gasteiger charge is -2.27. The van der Waals surface area contributed by atoms with Crippen molar-refractivity contribution in [3.8, 4) is 0 Å². The molecule has 2 saturated carbocycles. The van der Waals surface area contributed by atoms with Crippen LogP contribution in [0, 0.1) is 11.8 Å². The minimum absolute atomic E-state index is 0.648. The maximum absolute atomic E-state index is 10.5. The molecule has 0 heterocycles. The summed E-state index contributed by atoms with van der Waals surface area (Å²) in [6.07, 6.45) is 4.08. The van der Waals surface area contributed by atoms with E-state index in [1.165, 1.54) is 19.3 Å². The van der Waals surface area contributed by atoms with E-state index < -0.39 is 5.60 Å². The van der Waals surface area contributed by atoms with Gasteiger partial charge in [-0.15, -0.1) is 0 Å². The highest BCUT2D eigenvalue weighted by Crippen LogP contribution is 2.51. The van der Waals surface area contributed by atoms with Gasteiger partial charge in [0, 0.05) is 12.6 Å². The highest BCUT2D eigenvalue weighted by molar-refractivity contribution is 5.22. The molecular weight excluding hydrogens is 210 g/mol. The van der Waals surface area contributed by atoms with E-state index in [-0.39, 0.29) is 0 Å². The van der Waals surface area contributed by atoms with Crippen molar-refractivity contribution in [2.45, 2.75) is 37.8 Å². The van der Waals surface area contributed by atoms with Gasteiger partial charge in [0.15, 0.2) is 0 Å². The van der Waals surface area contributed by atoms with E-state index in [9.17, 15) is 5.11 Å². The fraction of sp³-hybridized carbons (Fsp3) is 0.600. The Morgan fingerprint density at radius 3 is 2.65 bits per heavy atom. The van der Waals surface area contributed by atoms with Crippen molar-refractivity contribution in [2.75, 3.05) is 6.54 Å². The van der Waals surface area contributed by atoms with Gasteiger partial charge in [0.05, 0.1) is 5.60 Å². The predicted octanol–water partition coefficient (Wildman–Crippen LogP) is 2.28. The highest BCUT2D eigenvalue weighted by atomic mass is 16.3. The van der Waals surface area contributed by atoms with Crippen LogP contribution in [0.3, 0.4) is 0 Å². The maximum Gasteiger partial charge on any atom is 0.0992 e. The van der Waals surface area contributed by atoms with Gasteiger partial charge in [-0.05, 0) is 43.6 Å². The summed E-state index contributed by atoms with van der Waals surface area (Å²) in [4.78, 5) is 0. The van der Waals surface area contributed by atoms with Gasteiger partial charge in [-0.1, -0.05) is 30.3 Å². The highest BCUT2D eigenvalue weighted by Gasteiger charge is 2.48. The number of aliphatic hydroxyl groups is 1. The smallest absolute Gasteiger partial charge is 0.0992 e. The van der Waals surface area contributed by atoms with E-state index in [0.717, 1.165) is 17.4 Å². The Hall–Kier alpha value is -0.860. The molecule has 0 saturated heterocycles. The summed E-state index contributed by atoms with van der Waals surface area (Å²) in [6.45, 7) is 2.56. The molecule has 1 aromatic carbocycles. The van der Waals surface area contributed by atoms with E-state index >= 15 is 0 Å². The van der Waals surface area contributed by atoms with Crippen LogP contribution in [0.25, 0.3) is 0 Å². The topological polar surface area (TPSA) is 32.3 Å². The van der Waals surface area contributed by atoms with Crippen molar-refractivity contribution < 1.29 is 5.11 Å². The summed E-state index contributed by atoms with van der Waals surface area (Å²) in [5.41, 5.74) is 0.242. The predicted molar refractivity (Wildman–Crippen MR) is 68.6 cm³/mol. The van der Waals surface area contributed by atoms with Crippen molar-refractivity contribution >= 4 is 0 Å². The molecule has 3 rings (SSSR count). The number of fused-ring (bicyclic) bond motifs is 1. The van der Waals surface area contributed by atoms with Crippen LogP contribution in [0.1, 0.15) is 31.7 Å². The summed E-state index contributed by atoms with van der Waals surface area (Å²) in [5, 5.41) is 14.0. The lowest BCUT2D eigenvalue weighted by molar-refractivity contribution is 0.0532. The molecule has 17 heavy (non-hydrogen) atoms. The molecule has 2 heteroatoms. The molecule has 2 aliphatic rings. The second-order valence-electron chi connectivity index (χ2n) is 5.86. The first-order valence-corrected chi connectivity index (χ1v) is 6.68. The molecule has 0 aliphatic heterocycles. The standard InChI is InChI=1S/C15H21NO/c1-15(17,12-5-3-2-4-6-12)10-16-14-8-7-11-9-13(11)14/h2-6,11,13-14,16-17H,7-10H2,1H3/t11-,13+,14?,15?/m1/s1. The molecule has 0 amide bonds. The van der Waals surface area contributed by atoms with Gasteiger partial charge in [0.2, 0.25) is 0 Å². The van der Waals surface area contributed by atoms with Gasteiger partial charge < -0.3 is 10.4 Å². The summed E-state index contributed by atoms with van der Waals surface area (Å²) in [6, 6.07) is 10.6. The number of rotatable bonds is 4. The third-order valence-electron chi connectivity index (χ3n) is 4.45. The minimum Gasteiger partial charge on any atom is -0.384 e. The first-order valence-electron chi connectivity index (χ1n) is 6.68. The van der Waals surface area contributed by atoms with Crippen molar-refractivity contribution in [1.29, 1.82) is 0 Å². The van der Waals surface area contributed by atoms with E-state index in [2.05, 4.69) is 5.32 Å². The van der Waals surface area contributed by atoms with Crippen LogP contribution in [0.4, 0.5) is 0 Å². The lowest BCUT2D eigenvalue weighted by atomic mass is 9.95. The van der Waals surface area contributed by atoms with E-state index in [1.807, 2.05) is 37.3 Å². The van der Waals surface area contributed by atoms with E-state index in [1.54, 1.807) is 0 Å². The third-order valence-corrected chi connectivity index (χ3v) is 4.45. The molecule has 2 aliphatic carbocycles. The molecule has 2 unspecified atom stereocenters. The van der Waals surface area contributed by atoms with Crippen molar-refractivity contribution in [2.24, 2.45) is 11.8 Å². The van der Waals surface area contributed by atoms with Crippen molar-refractivity contribution in [3.05, 3.63) is 35.9 Å². The number of nitrogens with one attached hydrogen (secondary N) is 1. The Bertz CT molecular complexity index is 387. The lowest BCUT2D eigenvalue weighted by Crippen LogP contribution is -2.41. The molecular formula is C15H21NO. The van der Waals surface area contributed by atoms with Crippen LogP contribution in [-0.4, -0.2) is 17.7 Å².